The van der Waals surface area contributed by atoms with Crippen LogP contribution >= 0.6 is 0 Å². The Balaban J connectivity index is 2.20. The molecule has 1 rings (SSSR count). The number of ether oxygens (including phenoxy) is 1. The maximum Gasteiger partial charge on any atom is 0.320 e. The van der Waals surface area contributed by atoms with Crippen molar-refractivity contribution in [2.45, 2.75) is 25.4 Å². The fourth-order valence-electron chi connectivity index (χ4n) is 1.46. The number of carbonyl (C=O) groups is 1. The van der Waals surface area contributed by atoms with Crippen LogP contribution in [0.15, 0.2) is 0 Å². The number of sulfonamides is 1. The minimum atomic E-state index is -3.68. The summed E-state index contributed by atoms with van der Waals surface area (Å²) in [5.74, 6) is -2.22. The smallest absolute Gasteiger partial charge is 0.320 e. The summed E-state index contributed by atoms with van der Waals surface area (Å²) in [6.07, 6.45) is 2.66. The van der Waals surface area contributed by atoms with Gasteiger partial charge >= 0.3 is 5.97 Å². The Morgan fingerprint density at radius 2 is 2.27 bits per heavy atom. The topological polar surface area (TPSA) is 92.7 Å². The number of hydrogen-bond donors (Lipinski definition) is 2. The van der Waals surface area contributed by atoms with Gasteiger partial charge in [0.05, 0.1) is 6.10 Å². The van der Waals surface area contributed by atoms with E-state index in [1.165, 1.54) is 0 Å². The van der Waals surface area contributed by atoms with Gasteiger partial charge in [0.1, 0.15) is 0 Å². The number of hydrogen-bond acceptors (Lipinski definition) is 4. The molecule has 7 heteroatoms. The Labute approximate surface area is 88.7 Å². The lowest BCUT2D eigenvalue weighted by atomic mass is 10.2. The third-order valence-corrected chi connectivity index (χ3v) is 3.40. The third-order valence-electron chi connectivity index (χ3n) is 2.13. The van der Waals surface area contributed by atoms with Crippen LogP contribution in [-0.2, 0) is 19.6 Å². The van der Waals surface area contributed by atoms with Crippen LogP contribution in [-0.4, -0.2) is 44.5 Å². The van der Waals surface area contributed by atoms with E-state index in [0.29, 0.717) is 6.42 Å². The largest absolute Gasteiger partial charge is 0.480 e. The van der Waals surface area contributed by atoms with Crippen LogP contribution in [0.4, 0.5) is 0 Å². The van der Waals surface area contributed by atoms with E-state index in [1.807, 2.05) is 0 Å². The van der Waals surface area contributed by atoms with Crippen LogP contribution in [0.5, 0.6) is 0 Å². The van der Waals surface area contributed by atoms with Crippen LogP contribution in [0.25, 0.3) is 0 Å². The van der Waals surface area contributed by atoms with Gasteiger partial charge in [-0.1, -0.05) is 0 Å². The standard InChI is InChI=1S/C8H15NO5S/c10-8(11)6-15(12,13)9-4-3-7-2-1-5-14-7/h7,9H,1-6H2,(H,10,11). The van der Waals surface area contributed by atoms with Gasteiger partial charge in [-0.3, -0.25) is 4.79 Å². The minimum absolute atomic E-state index is 0.109. The zero-order chi connectivity index (χ0) is 11.3. The van der Waals surface area contributed by atoms with Crippen LogP contribution in [0.2, 0.25) is 0 Å². The summed E-state index contributed by atoms with van der Waals surface area (Å²) in [5, 5.41) is 8.32. The Kier molecular flexibility index (Phi) is 4.49. The highest BCUT2D eigenvalue weighted by Crippen LogP contribution is 2.14. The van der Waals surface area contributed by atoms with Gasteiger partial charge in [0.25, 0.3) is 0 Å². The number of carboxylic acids is 1. The van der Waals surface area contributed by atoms with Gasteiger partial charge in [-0.15, -0.1) is 0 Å². The average molecular weight is 237 g/mol. The van der Waals surface area contributed by atoms with E-state index in [1.54, 1.807) is 0 Å². The summed E-state index contributed by atoms with van der Waals surface area (Å²) in [4.78, 5) is 10.2. The molecule has 0 amide bonds. The highest BCUT2D eigenvalue weighted by molar-refractivity contribution is 7.90. The molecule has 0 aromatic carbocycles. The van der Waals surface area contributed by atoms with Crippen molar-refractivity contribution in [3.63, 3.8) is 0 Å². The zero-order valence-electron chi connectivity index (χ0n) is 8.31. The van der Waals surface area contributed by atoms with Crippen LogP contribution in [0.1, 0.15) is 19.3 Å². The minimum Gasteiger partial charge on any atom is -0.480 e. The van der Waals surface area contributed by atoms with Crippen molar-refractivity contribution in [1.82, 2.24) is 4.72 Å². The highest BCUT2D eigenvalue weighted by atomic mass is 32.2. The van der Waals surface area contributed by atoms with E-state index in [4.69, 9.17) is 9.84 Å². The van der Waals surface area contributed by atoms with Crippen molar-refractivity contribution in [3.05, 3.63) is 0 Å². The predicted molar refractivity (Wildman–Crippen MR) is 53.0 cm³/mol. The lowest BCUT2D eigenvalue weighted by Gasteiger charge is -2.09. The van der Waals surface area contributed by atoms with Crippen LogP contribution in [0.3, 0.4) is 0 Å². The fraction of sp³-hybridized carbons (Fsp3) is 0.875. The molecule has 0 aromatic rings. The molecule has 0 radical (unpaired) electrons. The van der Waals surface area contributed by atoms with Gasteiger partial charge < -0.3 is 9.84 Å². The van der Waals surface area contributed by atoms with E-state index in [-0.39, 0.29) is 12.6 Å². The summed E-state index contributed by atoms with van der Waals surface area (Å²) in [6.45, 7) is 0.965. The molecule has 1 aliphatic heterocycles. The summed E-state index contributed by atoms with van der Waals surface area (Å²) < 4.78 is 29.7. The van der Waals surface area contributed by atoms with Crippen LogP contribution < -0.4 is 4.72 Å². The molecule has 1 heterocycles. The van der Waals surface area contributed by atoms with Gasteiger partial charge in [-0.05, 0) is 19.3 Å². The first-order chi connectivity index (χ1) is 6.99. The Morgan fingerprint density at radius 1 is 1.53 bits per heavy atom. The second-order valence-corrected chi connectivity index (χ2v) is 5.28. The number of nitrogens with one attached hydrogen (secondary N) is 1. The van der Waals surface area contributed by atoms with Gasteiger partial charge in [0.15, 0.2) is 5.75 Å². The molecule has 1 saturated heterocycles. The molecule has 1 aliphatic rings. The fourth-order valence-corrected chi connectivity index (χ4v) is 2.32. The second kappa shape index (κ2) is 5.43. The highest BCUT2D eigenvalue weighted by Gasteiger charge is 2.18. The van der Waals surface area contributed by atoms with Crippen LogP contribution in [0, 0.1) is 0 Å². The summed E-state index contributed by atoms with van der Waals surface area (Å²) in [5.41, 5.74) is 0. The van der Waals surface area contributed by atoms with Crippen molar-refractivity contribution in [2.24, 2.45) is 0 Å². The van der Waals surface area contributed by atoms with Gasteiger partial charge in [0, 0.05) is 13.2 Å². The summed E-state index contributed by atoms with van der Waals surface area (Å²) in [7, 11) is -3.68. The quantitative estimate of drug-likeness (QED) is 0.653. The molecule has 1 atom stereocenters. The van der Waals surface area contributed by atoms with Crippen molar-refractivity contribution in [1.29, 1.82) is 0 Å². The van der Waals surface area contributed by atoms with Crippen molar-refractivity contribution in [3.8, 4) is 0 Å². The Morgan fingerprint density at radius 3 is 2.80 bits per heavy atom. The SMILES string of the molecule is O=C(O)CS(=O)(=O)NCCC1CCCO1. The average Bonchev–Trinajstić information content (AvgIpc) is 2.53. The molecule has 0 aliphatic carbocycles. The molecule has 15 heavy (non-hydrogen) atoms. The zero-order valence-corrected chi connectivity index (χ0v) is 9.12. The molecule has 0 bridgehead atoms. The van der Waals surface area contributed by atoms with Gasteiger partial charge in [0.2, 0.25) is 10.0 Å². The molecular weight excluding hydrogens is 222 g/mol. The van der Waals surface area contributed by atoms with Gasteiger partial charge in [-0.2, -0.15) is 0 Å². The first-order valence-electron chi connectivity index (χ1n) is 4.80. The van der Waals surface area contributed by atoms with Gasteiger partial charge in [-0.25, -0.2) is 13.1 Å². The molecule has 1 unspecified atom stereocenters. The van der Waals surface area contributed by atoms with Crippen molar-refractivity contribution >= 4 is 16.0 Å². The maximum absolute atomic E-state index is 11.1. The van der Waals surface area contributed by atoms with Crippen molar-refractivity contribution < 1.29 is 23.1 Å². The first-order valence-corrected chi connectivity index (χ1v) is 6.45. The first kappa shape index (κ1) is 12.4. The normalized spacial score (nSPS) is 21.7. The van der Waals surface area contributed by atoms with Crippen molar-refractivity contribution in [2.75, 3.05) is 18.9 Å². The Hall–Kier alpha value is -0.660. The Bertz CT molecular complexity index is 307. The molecule has 1 fully saturated rings. The maximum atomic E-state index is 11.1. The van der Waals surface area contributed by atoms with E-state index in [0.717, 1.165) is 19.4 Å². The third kappa shape index (κ3) is 5.10. The molecule has 6 nitrogen and oxygen atoms in total. The van der Waals surface area contributed by atoms with E-state index in [9.17, 15) is 13.2 Å². The lowest BCUT2D eigenvalue weighted by molar-refractivity contribution is -0.134. The van der Waals surface area contributed by atoms with E-state index < -0.39 is 21.7 Å². The lowest BCUT2D eigenvalue weighted by Crippen LogP contribution is -2.32. The van der Waals surface area contributed by atoms with E-state index >= 15 is 0 Å². The predicted octanol–water partition coefficient (Wildman–Crippen LogP) is -0.440. The number of rotatable bonds is 6. The molecule has 0 saturated carbocycles. The number of carboxylic acid groups (broad SMARTS) is 1. The van der Waals surface area contributed by atoms with E-state index in [2.05, 4.69) is 4.72 Å². The summed E-state index contributed by atoms with van der Waals surface area (Å²) in [6, 6.07) is 0. The molecule has 0 aromatic heterocycles. The molecular formula is C8H15NO5S. The molecule has 2 N–H and O–H groups in total. The monoisotopic (exact) mass is 237 g/mol. The summed E-state index contributed by atoms with van der Waals surface area (Å²) >= 11 is 0. The second-order valence-electron chi connectivity index (χ2n) is 3.47. The number of aliphatic carboxylic acids is 1. The molecule has 0 spiro atoms. The molecule has 88 valence electrons.